The molecule has 3 nitrogen and oxygen atoms in total. The molecule has 0 bridgehead atoms. The summed E-state index contributed by atoms with van der Waals surface area (Å²) < 4.78 is 0. The average Bonchev–Trinajstić information content (AvgIpc) is 2.29. The Morgan fingerprint density at radius 2 is 2.25 bits per heavy atom. The van der Waals surface area contributed by atoms with E-state index in [9.17, 15) is 4.79 Å². The first-order valence-electron chi connectivity index (χ1n) is 5.36. The zero-order valence-electron chi connectivity index (χ0n) is 9.29. The van der Waals surface area contributed by atoms with Crippen LogP contribution in [0.15, 0.2) is 18.2 Å². The Morgan fingerprint density at radius 1 is 1.50 bits per heavy atom. The smallest absolute Gasteiger partial charge is 0.251 e. The summed E-state index contributed by atoms with van der Waals surface area (Å²) in [4.78, 5) is 11.8. The number of hydrogen-bond acceptors (Lipinski definition) is 2. The summed E-state index contributed by atoms with van der Waals surface area (Å²) in [5, 5.41) is 12.4. The van der Waals surface area contributed by atoms with E-state index in [4.69, 9.17) is 16.7 Å². The van der Waals surface area contributed by atoms with Crippen molar-refractivity contribution >= 4 is 17.5 Å². The third kappa shape index (κ3) is 3.51. The summed E-state index contributed by atoms with van der Waals surface area (Å²) in [6.07, 6.45) is 1.98. The van der Waals surface area contributed by atoms with Gasteiger partial charge in [-0.2, -0.15) is 0 Å². The summed E-state index contributed by atoms with van der Waals surface area (Å²) in [6, 6.07) is 4.90. The minimum Gasteiger partial charge on any atom is -0.392 e. The van der Waals surface area contributed by atoms with Crippen LogP contribution < -0.4 is 5.32 Å². The van der Waals surface area contributed by atoms with Gasteiger partial charge in [-0.15, -0.1) is 0 Å². The molecule has 0 aromatic heterocycles. The molecular weight excluding hydrogens is 226 g/mol. The van der Waals surface area contributed by atoms with Crippen molar-refractivity contribution in [1.29, 1.82) is 0 Å². The van der Waals surface area contributed by atoms with Gasteiger partial charge in [0.1, 0.15) is 0 Å². The van der Waals surface area contributed by atoms with Gasteiger partial charge in [-0.1, -0.05) is 31.0 Å². The zero-order valence-corrected chi connectivity index (χ0v) is 10.0. The largest absolute Gasteiger partial charge is 0.392 e. The Balaban J connectivity index is 2.76. The Labute approximate surface area is 100 Å². The van der Waals surface area contributed by atoms with Crippen molar-refractivity contribution in [3.05, 3.63) is 34.3 Å². The number of hydrogen-bond donors (Lipinski definition) is 2. The Hall–Kier alpha value is -1.06. The SMILES string of the molecule is CCCCNC(=O)c1cc(Cl)ccc1CO. The molecule has 0 saturated carbocycles. The van der Waals surface area contributed by atoms with Crippen LogP contribution in [0.25, 0.3) is 0 Å². The van der Waals surface area contributed by atoms with E-state index < -0.39 is 0 Å². The van der Waals surface area contributed by atoms with Gasteiger partial charge in [0.15, 0.2) is 0 Å². The lowest BCUT2D eigenvalue weighted by Gasteiger charge is -2.08. The summed E-state index contributed by atoms with van der Waals surface area (Å²) >= 11 is 5.82. The van der Waals surface area contributed by atoms with E-state index in [1.165, 1.54) is 0 Å². The van der Waals surface area contributed by atoms with E-state index in [-0.39, 0.29) is 12.5 Å². The van der Waals surface area contributed by atoms with Crippen molar-refractivity contribution in [2.75, 3.05) is 6.54 Å². The van der Waals surface area contributed by atoms with E-state index in [2.05, 4.69) is 12.2 Å². The molecule has 0 aliphatic rings. The molecule has 16 heavy (non-hydrogen) atoms. The molecule has 1 amide bonds. The lowest BCUT2D eigenvalue weighted by atomic mass is 10.1. The van der Waals surface area contributed by atoms with Crippen molar-refractivity contribution in [2.45, 2.75) is 26.4 Å². The van der Waals surface area contributed by atoms with Gasteiger partial charge in [0.25, 0.3) is 5.91 Å². The van der Waals surface area contributed by atoms with Crippen molar-refractivity contribution in [1.82, 2.24) is 5.32 Å². The molecule has 0 aliphatic carbocycles. The molecular formula is C12H16ClNO2. The van der Waals surface area contributed by atoms with Crippen LogP contribution in [0, 0.1) is 0 Å². The van der Waals surface area contributed by atoms with Crippen LogP contribution in [0.2, 0.25) is 5.02 Å². The number of benzene rings is 1. The molecule has 1 rings (SSSR count). The maximum Gasteiger partial charge on any atom is 0.251 e. The molecule has 88 valence electrons. The monoisotopic (exact) mass is 241 g/mol. The number of carbonyl (C=O) groups is 1. The first-order valence-corrected chi connectivity index (χ1v) is 5.74. The van der Waals surface area contributed by atoms with Gasteiger partial charge in [0.2, 0.25) is 0 Å². The molecule has 0 unspecified atom stereocenters. The Morgan fingerprint density at radius 3 is 2.88 bits per heavy atom. The summed E-state index contributed by atoms with van der Waals surface area (Å²) in [6.45, 7) is 2.55. The van der Waals surface area contributed by atoms with E-state index in [1.54, 1.807) is 18.2 Å². The molecule has 2 N–H and O–H groups in total. The Bertz CT molecular complexity index is 366. The predicted octanol–water partition coefficient (Wildman–Crippen LogP) is 2.36. The molecule has 0 aliphatic heterocycles. The van der Waals surface area contributed by atoms with Gasteiger partial charge in [-0.3, -0.25) is 4.79 Å². The number of halogens is 1. The third-order valence-corrected chi connectivity index (χ3v) is 2.54. The number of aliphatic hydroxyl groups is 1. The number of aliphatic hydroxyl groups excluding tert-OH is 1. The van der Waals surface area contributed by atoms with Crippen molar-refractivity contribution in [3.8, 4) is 0 Å². The maximum atomic E-state index is 11.8. The molecule has 0 radical (unpaired) electrons. The molecule has 0 saturated heterocycles. The highest BCUT2D eigenvalue weighted by Crippen LogP contribution is 2.16. The van der Waals surface area contributed by atoms with E-state index in [0.717, 1.165) is 12.8 Å². The molecule has 0 heterocycles. The lowest BCUT2D eigenvalue weighted by molar-refractivity contribution is 0.0950. The summed E-state index contributed by atoms with van der Waals surface area (Å²) in [5.41, 5.74) is 1.05. The highest BCUT2D eigenvalue weighted by atomic mass is 35.5. The van der Waals surface area contributed by atoms with E-state index in [1.807, 2.05) is 0 Å². The van der Waals surface area contributed by atoms with Crippen molar-refractivity contribution in [2.24, 2.45) is 0 Å². The van der Waals surface area contributed by atoms with Gasteiger partial charge >= 0.3 is 0 Å². The van der Waals surface area contributed by atoms with Crippen LogP contribution in [0.5, 0.6) is 0 Å². The van der Waals surface area contributed by atoms with Crippen LogP contribution in [0.1, 0.15) is 35.7 Å². The molecule has 0 spiro atoms. The molecule has 4 heteroatoms. The predicted molar refractivity (Wildman–Crippen MR) is 64.6 cm³/mol. The van der Waals surface area contributed by atoms with Crippen LogP contribution in [-0.2, 0) is 6.61 Å². The number of nitrogens with one attached hydrogen (secondary N) is 1. The first-order chi connectivity index (χ1) is 7.69. The van der Waals surface area contributed by atoms with Crippen LogP contribution in [-0.4, -0.2) is 17.6 Å². The van der Waals surface area contributed by atoms with E-state index >= 15 is 0 Å². The van der Waals surface area contributed by atoms with Gasteiger partial charge in [0, 0.05) is 17.1 Å². The number of carbonyl (C=O) groups excluding carboxylic acids is 1. The van der Waals surface area contributed by atoms with Crippen molar-refractivity contribution in [3.63, 3.8) is 0 Å². The summed E-state index contributed by atoms with van der Waals surface area (Å²) in [5.74, 6) is -0.181. The topological polar surface area (TPSA) is 49.3 Å². The highest BCUT2D eigenvalue weighted by Gasteiger charge is 2.10. The number of rotatable bonds is 5. The lowest BCUT2D eigenvalue weighted by Crippen LogP contribution is -2.25. The van der Waals surface area contributed by atoms with Crippen LogP contribution >= 0.6 is 11.6 Å². The molecule has 1 aromatic carbocycles. The fraction of sp³-hybridized carbons (Fsp3) is 0.417. The normalized spacial score (nSPS) is 10.2. The highest BCUT2D eigenvalue weighted by molar-refractivity contribution is 6.31. The second-order valence-corrected chi connectivity index (χ2v) is 4.01. The third-order valence-electron chi connectivity index (χ3n) is 2.30. The fourth-order valence-corrected chi connectivity index (χ4v) is 1.54. The number of amides is 1. The minimum atomic E-state index is -0.181. The zero-order chi connectivity index (χ0) is 12.0. The van der Waals surface area contributed by atoms with Gasteiger partial charge in [0.05, 0.1) is 6.61 Å². The second-order valence-electron chi connectivity index (χ2n) is 3.57. The second kappa shape index (κ2) is 6.51. The van der Waals surface area contributed by atoms with Gasteiger partial charge in [-0.25, -0.2) is 0 Å². The Kier molecular flexibility index (Phi) is 5.29. The van der Waals surface area contributed by atoms with Crippen LogP contribution in [0.3, 0.4) is 0 Å². The first kappa shape index (κ1) is 13.0. The molecule has 1 aromatic rings. The van der Waals surface area contributed by atoms with Crippen molar-refractivity contribution < 1.29 is 9.90 Å². The standard InChI is InChI=1S/C12H16ClNO2/c1-2-3-6-14-12(16)11-7-10(13)5-4-9(11)8-15/h4-5,7,15H,2-3,6,8H2,1H3,(H,14,16). The quantitative estimate of drug-likeness (QED) is 0.778. The number of unbranched alkanes of at least 4 members (excludes halogenated alkanes) is 1. The van der Waals surface area contributed by atoms with E-state index in [0.29, 0.717) is 22.7 Å². The molecule has 0 atom stereocenters. The average molecular weight is 242 g/mol. The van der Waals surface area contributed by atoms with Gasteiger partial charge < -0.3 is 10.4 Å². The minimum absolute atomic E-state index is 0.159. The maximum absolute atomic E-state index is 11.8. The molecule has 0 fully saturated rings. The fourth-order valence-electron chi connectivity index (χ4n) is 1.37. The van der Waals surface area contributed by atoms with Gasteiger partial charge in [-0.05, 0) is 24.1 Å². The van der Waals surface area contributed by atoms with Crippen LogP contribution in [0.4, 0.5) is 0 Å². The summed E-state index contributed by atoms with van der Waals surface area (Å²) in [7, 11) is 0.